The molecular weight excluding hydrogens is 268 g/mol. The molecule has 0 radical (unpaired) electrons. The summed E-state index contributed by atoms with van der Waals surface area (Å²) in [6.07, 6.45) is 4.35. The predicted molar refractivity (Wildman–Crippen MR) is 80.5 cm³/mol. The quantitative estimate of drug-likeness (QED) is 0.845. The number of nitrogens with zero attached hydrogens (tertiary/aromatic N) is 1. The number of carbonyl (C=O) groups excluding carboxylic acids is 1. The Morgan fingerprint density at radius 3 is 2.76 bits per heavy atom. The van der Waals surface area contributed by atoms with Gasteiger partial charge in [-0.1, -0.05) is 18.6 Å². The van der Waals surface area contributed by atoms with Crippen LogP contribution in [0.2, 0.25) is 0 Å². The number of urea groups is 1. The molecule has 1 fully saturated rings. The second-order valence-corrected chi connectivity index (χ2v) is 5.66. The second kappa shape index (κ2) is 7.11. The molecule has 21 heavy (non-hydrogen) atoms. The Labute approximate surface area is 125 Å². The van der Waals surface area contributed by atoms with Crippen LogP contribution in [0, 0.1) is 5.92 Å². The minimum atomic E-state index is -0.930. The number of hydrogen-bond acceptors (Lipinski definition) is 2. The zero-order valence-electron chi connectivity index (χ0n) is 12.3. The van der Waals surface area contributed by atoms with Crippen LogP contribution in [0.1, 0.15) is 35.2 Å². The molecule has 0 aromatic heterocycles. The van der Waals surface area contributed by atoms with Crippen molar-refractivity contribution < 1.29 is 14.7 Å². The fraction of sp³-hybridized carbons (Fsp3) is 0.500. The number of carboxylic acid groups (broad SMARTS) is 1. The van der Waals surface area contributed by atoms with E-state index in [-0.39, 0.29) is 11.6 Å². The predicted octanol–water partition coefficient (Wildman–Crippen LogP) is 2.37. The summed E-state index contributed by atoms with van der Waals surface area (Å²) in [5, 5.41) is 11.8. The van der Waals surface area contributed by atoms with Crippen LogP contribution < -0.4 is 5.32 Å². The summed E-state index contributed by atoms with van der Waals surface area (Å²) in [5.74, 6) is -0.269. The Bertz CT molecular complexity index is 512. The molecule has 0 heterocycles. The van der Waals surface area contributed by atoms with Crippen molar-refractivity contribution in [3.05, 3.63) is 35.4 Å². The lowest BCUT2D eigenvalue weighted by molar-refractivity contribution is 0.0696. The molecule has 114 valence electrons. The number of rotatable bonds is 6. The molecule has 5 nitrogen and oxygen atoms in total. The number of hydrogen-bond donors (Lipinski definition) is 2. The summed E-state index contributed by atoms with van der Waals surface area (Å²) in [6, 6.07) is 6.75. The van der Waals surface area contributed by atoms with Gasteiger partial charge in [-0.25, -0.2) is 9.59 Å². The largest absolute Gasteiger partial charge is 0.478 e. The molecule has 2 rings (SSSR count). The number of carbonyl (C=O) groups is 2. The lowest BCUT2D eigenvalue weighted by atomic mass is 9.85. The minimum absolute atomic E-state index is 0.0590. The molecule has 0 bridgehead atoms. The maximum Gasteiger partial charge on any atom is 0.335 e. The average molecular weight is 290 g/mol. The molecule has 1 aliphatic carbocycles. The third-order valence-corrected chi connectivity index (χ3v) is 3.97. The second-order valence-electron chi connectivity index (χ2n) is 5.66. The fourth-order valence-corrected chi connectivity index (χ4v) is 2.45. The third kappa shape index (κ3) is 4.48. The highest BCUT2D eigenvalue weighted by Gasteiger charge is 2.21. The molecule has 0 spiro atoms. The van der Waals surface area contributed by atoms with Crippen molar-refractivity contribution in [1.82, 2.24) is 10.2 Å². The van der Waals surface area contributed by atoms with Crippen molar-refractivity contribution >= 4 is 12.0 Å². The molecule has 0 saturated heterocycles. The maximum atomic E-state index is 11.9. The van der Waals surface area contributed by atoms with Crippen molar-refractivity contribution in [2.24, 2.45) is 5.92 Å². The van der Waals surface area contributed by atoms with Gasteiger partial charge in [0.1, 0.15) is 0 Å². The number of amides is 2. The molecule has 1 saturated carbocycles. The zero-order chi connectivity index (χ0) is 15.2. The van der Waals surface area contributed by atoms with Crippen LogP contribution in [-0.4, -0.2) is 42.1 Å². The van der Waals surface area contributed by atoms with Gasteiger partial charge in [0.25, 0.3) is 0 Å². The highest BCUT2D eigenvalue weighted by molar-refractivity contribution is 5.87. The van der Waals surface area contributed by atoms with E-state index >= 15 is 0 Å². The van der Waals surface area contributed by atoms with E-state index in [2.05, 4.69) is 5.32 Å². The summed E-state index contributed by atoms with van der Waals surface area (Å²) in [6.45, 7) is 1.33. The Hall–Kier alpha value is -2.04. The summed E-state index contributed by atoms with van der Waals surface area (Å²) in [7, 11) is 1.82. The van der Waals surface area contributed by atoms with Crippen molar-refractivity contribution in [3.8, 4) is 0 Å². The van der Waals surface area contributed by atoms with E-state index in [9.17, 15) is 9.59 Å². The molecule has 2 N–H and O–H groups in total. The smallest absolute Gasteiger partial charge is 0.335 e. The van der Waals surface area contributed by atoms with E-state index in [0.717, 1.165) is 12.1 Å². The van der Waals surface area contributed by atoms with Gasteiger partial charge in [-0.15, -0.1) is 0 Å². The molecule has 2 amide bonds. The molecule has 0 aliphatic heterocycles. The number of nitrogens with one attached hydrogen (secondary N) is 1. The van der Waals surface area contributed by atoms with Gasteiger partial charge in [-0.05, 0) is 42.9 Å². The molecule has 5 heteroatoms. The first kappa shape index (κ1) is 15.4. The maximum absolute atomic E-state index is 11.9. The van der Waals surface area contributed by atoms with E-state index in [4.69, 9.17) is 5.11 Å². The number of aromatic carboxylic acids is 1. The topological polar surface area (TPSA) is 69.6 Å². The van der Waals surface area contributed by atoms with Crippen LogP contribution in [0.5, 0.6) is 0 Å². The van der Waals surface area contributed by atoms with E-state index in [1.807, 2.05) is 13.1 Å². The van der Waals surface area contributed by atoms with Gasteiger partial charge < -0.3 is 15.3 Å². The standard InChI is InChI=1S/C16H22N2O3/c1-18(11-13-5-2-6-13)16(21)17-9-8-12-4-3-7-14(10-12)15(19)20/h3-4,7,10,13H,2,5-6,8-9,11H2,1H3,(H,17,21)(H,19,20). The van der Waals surface area contributed by atoms with Gasteiger partial charge in [-0.3, -0.25) is 0 Å². The van der Waals surface area contributed by atoms with Gasteiger partial charge in [-0.2, -0.15) is 0 Å². The minimum Gasteiger partial charge on any atom is -0.478 e. The van der Waals surface area contributed by atoms with Crippen molar-refractivity contribution in [1.29, 1.82) is 0 Å². The summed E-state index contributed by atoms with van der Waals surface area (Å²) in [4.78, 5) is 24.5. The molecule has 0 atom stereocenters. The highest BCUT2D eigenvalue weighted by Crippen LogP contribution is 2.26. The number of carboxylic acids is 1. The number of benzene rings is 1. The van der Waals surface area contributed by atoms with Crippen molar-refractivity contribution in [2.75, 3.05) is 20.1 Å². The first-order valence-corrected chi connectivity index (χ1v) is 7.37. The van der Waals surface area contributed by atoms with Crippen LogP contribution in [-0.2, 0) is 6.42 Å². The van der Waals surface area contributed by atoms with Gasteiger partial charge in [0.05, 0.1) is 5.56 Å². The monoisotopic (exact) mass is 290 g/mol. The summed E-state index contributed by atoms with van der Waals surface area (Å²) in [5.41, 5.74) is 1.19. The average Bonchev–Trinajstić information content (AvgIpc) is 2.42. The Balaban J connectivity index is 1.74. The Morgan fingerprint density at radius 2 is 2.14 bits per heavy atom. The Kier molecular flexibility index (Phi) is 5.20. The first-order valence-electron chi connectivity index (χ1n) is 7.37. The normalized spacial score (nSPS) is 14.3. The van der Waals surface area contributed by atoms with Gasteiger partial charge in [0.2, 0.25) is 0 Å². The Morgan fingerprint density at radius 1 is 1.38 bits per heavy atom. The third-order valence-electron chi connectivity index (χ3n) is 3.97. The van der Waals surface area contributed by atoms with Gasteiger partial charge in [0, 0.05) is 20.1 Å². The lowest BCUT2D eigenvalue weighted by Gasteiger charge is -2.30. The van der Waals surface area contributed by atoms with Crippen LogP contribution in [0.15, 0.2) is 24.3 Å². The van der Waals surface area contributed by atoms with E-state index in [1.165, 1.54) is 19.3 Å². The summed E-state index contributed by atoms with van der Waals surface area (Å²) >= 11 is 0. The molecule has 0 unspecified atom stereocenters. The van der Waals surface area contributed by atoms with Crippen molar-refractivity contribution in [3.63, 3.8) is 0 Å². The fourth-order valence-electron chi connectivity index (χ4n) is 2.45. The van der Waals surface area contributed by atoms with Crippen LogP contribution in [0.4, 0.5) is 4.79 Å². The summed E-state index contributed by atoms with van der Waals surface area (Å²) < 4.78 is 0. The van der Waals surface area contributed by atoms with E-state index in [0.29, 0.717) is 18.9 Å². The van der Waals surface area contributed by atoms with Crippen LogP contribution >= 0.6 is 0 Å². The van der Waals surface area contributed by atoms with Gasteiger partial charge >= 0.3 is 12.0 Å². The van der Waals surface area contributed by atoms with Crippen LogP contribution in [0.3, 0.4) is 0 Å². The first-order chi connectivity index (χ1) is 10.1. The van der Waals surface area contributed by atoms with E-state index < -0.39 is 5.97 Å². The lowest BCUT2D eigenvalue weighted by Crippen LogP contribution is -2.41. The van der Waals surface area contributed by atoms with Crippen molar-refractivity contribution in [2.45, 2.75) is 25.7 Å². The van der Waals surface area contributed by atoms with Gasteiger partial charge in [0.15, 0.2) is 0 Å². The zero-order valence-corrected chi connectivity index (χ0v) is 12.3. The molecular formula is C16H22N2O3. The molecule has 1 aliphatic rings. The molecule has 1 aromatic carbocycles. The van der Waals surface area contributed by atoms with E-state index in [1.54, 1.807) is 23.1 Å². The highest BCUT2D eigenvalue weighted by atomic mass is 16.4. The molecule has 1 aromatic rings. The van der Waals surface area contributed by atoms with Crippen LogP contribution in [0.25, 0.3) is 0 Å². The SMILES string of the molecule is CN(CC1CCC1)C(=O)NCCc1cccc(C(=O)O)c1.